The maximum atomic E-state index is 6.05. The lowest BCUT2D eigenvalue weighted by molar-refractivity contribution is 0.0639. The van der Waals surface area contributed by atoms with Crippen molar-refractivity contribution in [1.29, 1.82) is 0 Å². The molecule has 1 heterocycles. The summed E-state index contributed by atoms with van der Waals surface area (Å²) in [6.45, 7) is 16.8. The van der Waals surface area contributed by atoms with Crippen molar-refractivity contribution in [1.82, 2.24) is 0 Å². The van der Waals surface area contributed by atoms with Gasteiger partial charge < -0.3 is 28.4 Å². The molecule has 2 aromatic rings. The predicted octanol–water partition coefficient (Wildman–Crippen LogP) is 5.83. The van der Waals surface area contributed by atoms with Gasteiger partial charge >= 0.3 is 0 Å². The first-order chi connectivity index (χ1) is 16.6. The van der Waals surface area contributed by atoms with Crippen LogP contribution in [0.4, 0.5) is 0 Å². The summed E-state index contributed by atoms with van der Waals surface area (Å²) < 4.78 is 35.5. The molecule has 0 aromatic heterocycles. The van der Waals surface area contributed by atoms with E-state index in [0.717, 1.165) is 23.7 Å². The van der Waals surface area contributed by atoms with E-state index in [9.17, 15) is 0 Å². The fourth-order valence-corrected chi connectivity index (χ4v) is 3.76. The van der Waals surface area contributed by atoms with Gasteiger partial charge in [0.25, 0.3) is 0 Å². The van der Waals surface area contributed by atoms with Crippen LogP contribution >= 0.6 is 0 Å². The molecule has 35 heavy (non-hydrogen) atoms. The normalized spacial score (nSPS) is 16.7. The van der Waals surface area contributed by atoms with Gasteiger partial charge in [-0.05, 0) is 52.6 Å². The van der Waals surface area contributed by atoms with E-state index in [1.807, 2.05) is 12.1 Å². The van der Waals surface area contributed by atoms with E-state index in [1.165, 1.54) is 11.1 Å². The molecule has 0 unspecified atom stereocenters. The number of hydrogen-bond acceptors (Lipinski definition) is 6. The molecule has 0 amide bonds. The minimum absolute atomic E-state index is 0.0182. The summed E-state index contributed by atoms with van der Waals surface area (Å²) in [7, 11) is 0. The Bertz CT molecular complexity index is 926. The molecule has 0 saturated carbocycles. The highest BCUT2D eigenvalue weighted by molar-refractivity contribution is 5.45. The van der Waals surface area contributed by atoms with Gasteiger partial charge in [-0.15, -0.1) is 0 Å². The van der Waals surface area contributed by atoms with Crippen LogP contribution in [0.2, 0.25) is 0 Å². The van der Waals surface area contributed by atoms with E-state index in [-0.39, 0.29) is 10.8 Å². The van der Waals surface area contributed by atoms with Gasteiger partial charge in [-0.2, -0.15) is 0 Å². The molecule has 3 rings (SSSR count). The van der Waals surface area contributed by atoms with Crippen molar-refractivity contribution in [3.05, 3.63) is 47.5 Å². The molecule has 2 aromatic carbocycles. The fourth-order valence-electron chi connectivity index (χ4n) is 3.76. The minimum Gasteiger partial charge on any atom is -0.487 e. The standard InChI is InChI=1S/C29H42O6/c1-28(2,3)21-22-7-9-24-26(19-22)34-17-13-31-14-18-35-27-20-23(29(4,5)6)8-10-25(27)33-16-12-30-11-15-32-24/h7-10,19-20H,11-18,21H2,1-6H3. The van der Waals surface area contributed by atoms with Gasteiger partial charge in [0.15, 0.2) is 23.0 Å². The average Bonchev–Trinajstić information content (AvgIpc) is 2.77. The van der Waals surface area contributed by atoms with Gasteiger partial charge in [0.1, 0.15) is 26.4 Å². The molecule has 1 aliphatic rings. The molecule has 0 aliphatic carbocycles. The number of ether oxygens (including phenoxy) is 6. The molecular formula is C29H42O6. The highest BCUT2D eigenvalue weighted by Crippen LogP contribution is 2.34. The Morgan fingerprint density at radius 3 is 1.49 bits per heavy atom. The van der Waals surface area contributed by atoms with Gasteiger partial charge in [-0.25, -0.2) is 0 Å². The van der Waals surface area contributed by atoms with Crippen LogP contribution in [0.3, 0.4) is 0 Å². The van der Waals surface area contributed by atoms with Gasteiger partial charge in [0, 0.05) is 0 Å². The van der Waals surface area contributed by atoms with Gasteiger partial charge in [0.2, 0.25) is 0 Å². The van der Waals surface area contributed by atoms with Crippen LogP contribution in [0.15, 0.2) is 36.4 Å². The smallest absolute Gasteiger partial charge is 0.161 e. The molecule has 0 N–H and O–H groups in total. The Kier molecular flexibility index (Phi) is 9.70. The molecule has 6 heteroatoms. The number of hydrogen-bond donors (Lipinski definition) is 0. The average molecular weight is 487 g/mol. The summed E-state index contributed by atoms with van der Waals surface area (Å²) >= 11 is 0. The van der Waals surface area contributed by atoms with Gasteiger partial charge in [-0.3, -0.25) is 0 Å². The lowest BCUT2D eigenvalue weighted by Crippen LogP contribution is -2.16. The monoisotopic (exact) mass is 486 g/mol. The second-order valence-electron chi connectivity index (χ2n) is 11.0. The third-order valence-corrected chi connectivity index (χ3v) is 5.49. The Morgan fingerprint density at radius 1 is 0.543 bits per heavy atom. The molecule has 194 valence electrons. The first kappa shape index (κ1) is 27.2. The highest BCUT2D eigenvalue weighted by atomic mass is 16.6. The number of benzene rings is 2. The summed E-state index contributed by atoms with van der Waals surface area (Å²) in [5, 5.41) is 0. The summed E-state index contributed by atoms with van der Waals surface area (Å²) in [5.41, 5.74) is 2.62. The fraction of sp³-hybridized carbons (Fsp3) is 0.586. The highest BCUT2D eigenvalue weighted by Gasteiger charge is 2.17. The van der Waals surface area contributed by atoms with Gasteiger partial charge in [-0.1, -0.05) is 53.7 Å². The summed E-state index contributed by atoms with van der Waals surface area (Å²) in [6, 6.07) is 12.3. The predicted molar refractivity (Wildman–Crippen MR) is 138 cm³/mol. The molecular weight excluding hydrogens is 444 g/mol. The number of fused-ring (bicyclic) bond motifs is 2. The maximum absolute atomic E-state index is 6.05. The Morgan fingerprint density at radius 2 is 1.00 bits per heavy atom. The molecule has 0 spiro atoms. The van der Waals surface area contributed by atoms with Crippen molar-refractivity contribution in [3.63, 3.8) is 0 Å². The molecule has 0 bridgehead atoms. The lowest BCUT2D eigenvalue weighted by Gasteiger charge is -2.22. The van der Waals surface area contributed by atoms with Crippen LogP contribution in [0.5, 0.6) is 23.0 Å². The topological polar surface area (TPSA) is 55.4 Å². The van der Waals surface area contributed by atoms with Gasteiger partial charge in [0.05, 0.1) is 26.4 Å². The van der Waals surface area contributed by atoms with Crippen molar-refractivity contribution in [2.75, 3.05) is 52.9 Å². The SMILES string of the molecule is CC(C)(C)Cc1ccc2c(c1)OCCOCCOc1cc(C(C)(C)C)ccc1OCCOCCO2. The summed E-state index contributed by atoms with van der Waals surface area (Å²) in [4.78, 5) is 0. The van der Waals surface area contributed by atoms with E-state index in [2.05, 4.69) is 65.8 Å². The zero-order valence-electron chi connectivity index (χ0n) is 22.3. The minimum atomic E-state index is 0.0182. The van der Waals surface area contributed by atoms with E-state index in [1.54, 1.807) is 0 Å². The maximum Gasteiger partial charge on any atom is 0.161 e. The van der Waals surface area contributed by atoms with Crippen LogP contribution in [0, 0.1) is 5.41 Å². The Labute approximate surface area is 210 Å². The van der Waals surface area contributed by atoms with Crippen LogP contribution in [-0.2, 0) is 21.3 Å². The molecule has 1 aliphatic heterocycles. The van der Waals surface area contributed by atoms with E-state index in [4.69, 9.17) is 28.4 Å². The third kappa shape index (κ3) is 9.26. The van der Waals surface area contributed by atoms with Crippen molar-refractivity contribution < 1.29 is 28.4 Å². The second-order valence-corrected chi connectivity index (χ2v) is 11.0. The van der Waals surface area contributed by atoms with Crippen LogP contribution < -0.4 is 18.9 Å². The van der Waals surface area contributed by atoms with E-state index < -0.39 is 0 Å². The molecule has 0 fully saturated rings. The van der Waals surface area contributed by atoms with E-state index >= 15 is 0 Å². The van der Waals surface area contributed by atoms with Crippen molar-refractivity contribution in [3.8, 4) is 23.0 Å². The summed E-state index contributed by atoms with van der Waals surface area (Å²) in [6.07, 6.45) is 0.957. The lowest BCUT2D eigenvalue weighted by atomic mass is 9.87. The van der Waals surface area contributed by atoms with Crippen LogP contribution in [-0.4, -0.2) is 52.9 Å². The summed E-state index contributed by atoms with van der Waals surface area (Å²) in [5.74, 6) is 2.89. The van der Waals surface area contributed by atoms with Crippen molar-refractivity contribution in [2.45, 2.75) is 53.4 Å². The molecule has 0 radical (unpaired) electrons. The van der Waals surface area contributed by atoms with Crippen LogP contribution in [0.1, 0.15) is 52.7 Å². The zero-order chi connectivity index (χ0) is 25.3. The molecule has 0 atom stereocenters. The van der Waals surface area contributed by atoms with E-state index in [0.29, 0.717) is 58.6 Å². The second kappa shape index (κ2) is 12.5. The first-order valence-corrected chi connectivity index (χ1v) is 12.6. The van der Waals surface area contributed by atoms with Crippen molar-refractivity contribution >= 4 is 0 Å². The molecule has 6 nitrogen and oxygen atoms in total. The number of rotatable bonds is 1. The molecule has 0 saturated heterocycles. The third-order valence-electron chi connectivity index (χ3n) is 5.49. The van der Waals surface area contributed by atoms with Crippen LogP contribution in [0.25, 0.3) is 0 Å². The Hall–Kier alpha value is -2.44. The first-order valence-electron chi connectivity index (χ1n) is 12.6. The largest absolute Gasteiger partial charge is 0.487 e. The Balaban J connectivity index is 1.65. The quantitative estimate of drug-likeness (QED) is 0.505. The zero-order valence-corrected chi connectivity index (χ0v) is 22.3. The van der Waals surface area contributed by atoms with Crippen molar-refractivity contribution in [2.24, 2.45) is 5.41 Å².